The molecular formula is C20H26N4O2S. The van der Waals surface area contributed by atoms with E-state index in [0.717, 1.165) is 42.2 Å². The first-order valence-corrected chi connectivity index (χ1v) is 10.4. The Kier molecular flexibility index (Phi) is 6.55. The maximum Gasteiger partial charge on any atom is 0.321 e. The van der Waals surface area contributed by atoms with Crippen molar-refractivity contribution >= 4 is 23.7 Å². The third-order valence-electron chi connectivity index (χ3n) is 4.37. The Morgan fingerprint density at radius 1 is 1.19 bits per heavy atom. The molecule has 27 heavy (non-hydrogen) atoms. The summed E-state index contributed by atoms with van der Waals surface area (Å²) < 4.78 is 2.16. The number of fused-ring (bicyclic) bond motifs is 1. The molecule has 0 saturated carbocycles. The normalized spacial score (nSPS) is 13.3. The zero-order valence-electron chi connectivity index (χ0n) is 15.8. The minimum absolute atomic E-state index is 0.151. The summed E-state index contributed by atoms with van der Waals surface area (Å²) in [4.78, 5) is 28.7. The Bertz CT molecular complexity index is 802. The smallest absolute Gasteiger partial charge is 0.321 e. The molecule has 1 aliphatic rings. The number of imidazole rings is 1. The van der Waals surface area contributed by atoms with Crippen molar-refractivity contribution < 1.29 is 9.59 Å². The zero-order chi connectivity index (χ0) is 19.2. The van der Waals surface area contributed by atoms with Gasteiger partial charge in [-0.1, -0.05) is 43.8 Å². The number of amides is 3. The summed E-state index contributed by atoms with van der Waals surface area (Å²) in [5, 5.41) is 5.88. The number of imide groups is 1. The van der Waals surface area contributed by atoms with Crippen LogP contribution >= 0.6 is 11.8 Å². The number of hydrogen-bond acceptors (Lipinski definition) is 4. The molecule has 0 radical (unpaired) electrons. The van der Waals surface area contributed by atoms with Crippen LogP contribution < -0.4 is 10.6 Å². The van der Waals surface area contributed by atoms with Crippen LogP contribution in [0.15, 0.2) is 35.5 Å². The fourth-order valence-corrected chi connectivity index (χ4v) is 3.94. The number of carbonyl (C=O) groups excluding carboxylic acids is 2. The van der Waals surface area contributed by atoms with E-state index in [1.165, 1.54) is 17.5 Å². The number of urea groups is 1. The van der Waals surface area contributed by atoms with Crippen molar-refractivity contribution in [1.82, 2.24) is 20.2 Å². The van der Waals surface area contributed by atoms with E-state index in [1.54, 1.807) is 0 Å². The standard InChI is InChI=1S/C20H26N4O2S/c1-14(2)12-21-19(26)23-18(25)13-27-20-22-16-10-6-7-11-17(16)24(20)15-8-4-3-5-9-15/h3-5,8-9,14H,6-7,10-13H2,1-2H3,(H2,21,23,25,26). The van der Waals surface area contributed by atoms with E-state index in [4.69, 9.17) is 4.98 Å². The third-order valence-corrected chi connectivity index (χ3v) is 5.31. The van der Waals surface area contributed by atoms with Gasteiger partial charge in [0, 0.05) is 17.9 Å². The molecule has 1 aromatic heterocycles. The topological polar surface area (TPSA) is 76.0 Å². The lowest BCUT2D eigenvalue weighted by Gasteiger charge is -2.15. The molecule has 7 heteroatoms. The van der Waals surface area contributed by atoms with Crippen LogP contribution in [0.2, 0.25) is 0 Å². The molecule has 2 N–H and O–H groups in total. The first-order chi connectivity index (χ1) is 13.0. The van der Waals surface area contributed by atoms with Crippen molar-refractivity contribution in [3.05, 3.63) is 41.7 Å². The van der Waals surface area contributed by atoms with Crippen LogP contribution in [-0.2, 0) is 17.6 Å². The van der Waals surface area contributed by atoms with Gasteiger partial charge in [-0.2, -0.15) is 0 Å². The number of para-hydroxylation sites is 1. The molecule has 0 fully saturated rings. The third kappa shape index (κ3) is 5.13. The fraction of sp³-hybridized carbons (Fsp3) is 0.450. The van der Waals surface area contributed by atoms with E-state index < -0.39 is 6.03 Å². The van der Waals surface area contributed by atoms with E-state index in [-0.39, 0.29) is 11.7 Å². The highest BCUT2D eigenvalue weighted by Gasteiger charge is 2.22. The average Bonchev–Trinajstić information content (AvgIpc) is 3.04. The lowest BCUT2D eigenvalue weighted by molar-refractivity contribution is -0.117. The number of thioether (sulfide) groups is 1. The van der Waals surface area contributed by atoms with Crippen molar-refractivity contribution in [1.29, 1.82) is 0 Å². The molecule has 6 nitrogen and oxygen atoms in total. The van der Waals surface area contributed by atoms with Crippen molar-refractivity contribution in [2.45, 2.75) is 44.7 Å². The molecule has 0 saturated heterocycles. The van der Waals surface area contributed by atoms with Gasteiger partial charge < -0.3 is 5.32 Å². The van der Waals surface area contributed by atoms with Gasteiger partial charge in [-0.3, -0.25) is 14.7 Å². The summed E-state index contributed by atoms with van der Waals surface area (Å²) in [6.45, 7) is 4.55. The van der Waals surface area contributed by atoms with Crippen molar-refractivity contribution in [3.63, 3.8) is 0 Å². The molecule has 0 unspecified atom stereocenters. The van der Waals surface area contributed by atoms with Gasteiger partial charge in [0.1, 0.15) is 0 Å². The lowest BCUT2D eigenvalue weighted by Crippen LogP contribution is -2.41. The Hall–Kier alpha value is -2.28. The summed E-state index contributed by atoms with van der Waals surface area (Å²) >= 11 is 1.37. The van der Waals surface area contributed by atoms with Crippen LogP contribution in [0.4, 0.5) is 4.79 Å². The van der Waals surface area contributed by atoms with E-state index in [1.807, 2.05) is 32.0 Å². The number of nitrogens with one attached hydrogen (secondary N) is 2. The molecule has 1 heterocycles. The van der Waals surface area contributed by atoms with E-state index >= 15 is 0 Å². The van der Waals surface area contributed by atoms with Crippen LogP contribution in [0, 0.1) is 5.92 Å². The molecule has 3 amide bonds. The van der Waals surface area contributed by atoms with Crippen molar-refractivity contribution in [3.8, 4) is 5.69 Å². The van der Waals surface area contributed by atoms with Gasteiger partial charge in [0.25, 0.3) is 0 Å². The van der Waals surface area contributed by atoms with Crippen molar-refractivity contribution in [2.75, 3.05) is 12.3 Å². The minimum atomic E-state index is -0.444. The number of benzene rings is 1. The molecule has 0 bridgehead atoms. The molecule has 0 atom stereocenters. The number of hydrogen-bond donors (Lipinski definition) is 2. The van der Waals surface area contributed by atoms with Gasteiger partial charge in [-0.05, 0) is 43.7 Å². The summed E-state index contributed by atoms with van der Waals surface area (Å²) in [6, 6.07) is 9.67. The van der Waals surface area contributed by atoms with Crippen molar-refractivity contribution in [2.24, 2.45) is 5.92 Å². The second-order valence-electron chi connectivity index (χ2n) is 7.11. The summed E-state index contributed by atoms with van der Waals surface area (Å²) in [5.74, 6) is 0.171. The SMILES string of the molecule is CC(C)CNC(=O)NC(=O)CSc1nc2c(n1-c1ccccc1)CCCC2. The monoisotopic (exact) mass is 386 g/mol. The molecule has 2 aromatic rings. The molecule has 0 aliphatic heterocycles. The molecular weight excluding hydrogens is 360 g/mol. The minimum Gasteiger partial charge on any atom is -0.338 e. The second-order valence-corrected chi connectivity index (χ2v) is 8.05. The fourth-order valence-electron chi connectivity index (χ4n) is 3.09. The average molecular weight is 387 g/mol. The van der Waals surface area contributed by atoms with Crippen LogP contribution in [0.25, 0.3) is 5.69 Å². The van der Waals surface area contributed by atoms with Crippen LogP contribution in [0.1, 0.15) is 38.1 Å². The van der Waals surface area contributed by atoms with E-state index in [0.29, 0.717) is 12.5 Å². The summed E-state index contributed by atoms with van der Waals surface area (Å²) in [6.07, 6.45) is 4.29. The maximum absolute atomic E-state index is 12.1. The van der Waals surface area contributed by atoms with Gasteiger partial charge in [0.2, 0.25) is 5.91 Å². The number of aromatic nitrogens is 2. The number of rotatable bonds is 6. The Labute approximate surface area is 164 Å². The highest BCUT2D eigenvalue weighted by molar-refractivity contribution is 7.99. The number of carbonyl (C=O) groups is 2. The van der Waals surface area contributed by atoms with Gasteiger partial charge in [-0.25, -0.2) is 9.78 Å². The summed E-state index contributed by atoms with van der Waals surface area (Å²) in [7, 11) is 0. The Morgan fingerprint density at radius 2 is 1.93 bits per heavy atom. The number of nitrogens with zero attached hydrogens (tertiary/aromatic N) is 2. The summed E-state index contributed by atoms with van der Waals surface area (Å²) in [5.41, 5.74) is 3.43. The predicted octanol–water partition coefficient (Wildman–Crippen LogP) is 3.33. The van der Waals surface area contributed by atoms with Crippen LogP contribution in [0.5, 0.6) is 0 Å². The Morgan fingerprint density at radius 3 is 2.67 bits per heavy atom. The highest BCUT2D eigenvalue weighted by Crippen LogP contribution is 2.30. The molecule has 144 valence electrons. The predicted molar refractivity (Wildman–Crippen MR) is 107 cm³/mol. The molecule has 3 rings (SSSR count). The van der Waals surface area contributed by atoms with Crippen LogP contribution in [0.3, 0.4) is 0 Å². The quantitative estimate of drug-likeness (QED) is 0.747. The van der Waals surface area contributed by atoms with Gasteiger partial charge >= 0.3 is 6.03 Å². The Balaban J connectivity index is 1.69. The molecule has 1 aliphatic carbocycles. The number of aryl methyl sites for hydroxylation is 1. The largest absolute Gasteiger partial charge is 0.338 e. The van der Waals surface area contributed by atoms with Gasteiger partial charge in [-0.15, -0.1) is 0 Å². The highest BCUT2D eigenvalue weighted by atomic mass is 32.2. The first-order valence-electron chi connectivity index (χ1n) is 9.41. The first kappa shape index (κ1) is 19.5. The second kappa shape index (κ2) is 9.08. The van der Waals surface area contributed by atoms with E-state index in [9.17, 15) is 9.59 Å². The van der Waals surface area contributed by atoms with Crippen LogP contribution in [-0.4, -0.2) is 33.8 Å². The zero-order valence-corrected chi connectivity index (χ0v) is 16.6. The lowest BCUT2D eigenvalue weighted by atomic mass is 10.0. The molecule has 0 spiro atoms. The maximum atomic E-state index is 12.1. The molecule has 1 aromatic carbocycles. The van der Waals surface area contributed by atoms with Gasteiger partial charge in [0.15, 0.2) is 5.16 Å². The van der Waals surface area contributed by atoms with Gasteiger partial charge in [0.05, 0.1) is 11.4 Å². The van der Waals surface area contributed by atoms with E-state index in [2.05, 4.69) is 27.3 Å².